The van der Waals surface area contributed by atoms with Gasteiger partial charge in [-0.3, -0.25) is 0 Å². The summed E-state index contributed by atoms with van der Waals surface area (Å²) < 4.78 is 0. The minimum Gasteiger partial charge on any atom is -0.310 e. The van der Waals surface area contributed by atoms with Gasteiger partial charge in [0.05, 0.1) is 0 Å². The molecular formula is C25H21N. The molecule has 1 nitrogen and oxygen atoms in total. The average molecular weight is 335 g/mol. The van der Waals surface area contributed by atoms with Gasteiger partial charge in [-0.25, -0.2) is 0 Å². The number of hydrogen-bond acceptors (Lipinski definition) is 1. The predicted octanol–water partition coefficient (Wildman–Crippen LogP) is 6.75. The van der Waals surface area contributed by atoms with Gasteiger partial charge in [-0.05, 0) is 53.9 Å². The summed E-state index contributed by atoms with van der Waals surface area (Å²) >= 11 is 0. The summed E-state index contributed by atoms with van der Waals surface area (Å²) in [6.45, 7) is 0. The number of benzene rings is 4. The van der Waals surface area contributed by atoms with Gasteiger partial charge in [0.15, 0.2) is 0 Å². The number of nitrogens with zero attached hydrogens (tertiary/aromatic N) is 1. The molecule has 0 bridgehead atoms. The van der Waals surface area contributed by atoms with Crippen LogP contribution in [0.1, 0.15) is 11.1 Å². The molecule has 4 aromatic carbocycles. The second kappa shape index (κ2) is 7.71. The van der Waals surface area contributed by atoms with Gasteiger partial charge in [0.1, 0.15) is 0 Å². The third kappa shape index (κ3) is 3.68. The molecule has 0 radical (unpaired) electrons. The van der Waals surface area contributed by atoms with Crippen LogP contribution in [0.25, 0.3) is 0 Å². The van der Waals surface area contributed by atoms with Crippen molar-refractivity contribution in [3.63, 3.8) is 0 Å². The zero-order chi connectivity index (χ0) is 17.6. The van der Waals surface area contributed by atoms with Gasteiger partial charge in [-0.2, -0.15) is 0 Å². The van der Waals surface area contributed by atoms with E-state index in [1.807, 2.05) is 0 Å². The summed E-state index contributed by atoms with van der Waals surface area (Å²) in [7, 11) is 0. The van der Waals surface area contributed by atoms with Crippen molar-refractivity contribution in [3.05, 3.63) is 126 Å². The van der Waals surface area contributed by atoms with Crippen LogP contribution in [-0.4, -0.2) is 0 Å². The maximum Gasteiger partial charge on any atom is 0.0464 e. The van der Waals surface area contributed by atoms with Gasteiger partial charge in [0.25, 0.3) is 0 Å². The minimum absolute atomic E-state index is 0.937. The molecule has 0 heterocycles. The summed E-state index contributed by atoms with van der Waals surface area (Å²) in [5, 5.41) is 0. The molecule has 0 saturated carbocycles. The van der Waals surface area contributed by atoms with Gasteiger partial charge in [0, 0.05) is 17.1 Å². The van der Waals surface area contributed by atoms with Crippen LogP contribution in [0, 0.1) is 0 Å². The third-order valence-corrected chi connectivity index (χ3v) is 4.45. The Kier molecular flexibility index (Phi) is 4.79. The standard InChI is InChI=1S/C25H21N/c1-4-11-21(12-5-1)19-22-13-10-18-25(20-22)26(23-14-6-2-7-15-23)24-16-8-3-9-17-24/h1-18,20H,19H2. The molecule has 126 valence electrons. The molecule has 0 unspecified atom stereocenters. The fraction of sp³-hybridized carbons (Fsp3) is 0.0400. The Morgan fingerprint density at radius 3 is 1.46 bits per heavy atom. The van der Waals surface area contributed by atoms with Crippen molar-refractivity contribution in [3.8, 4) is 0 Å². The van der Waals surface area contributed by atoms with E-state index in [2.05, 4.69) is 120 Å². The van der Waals surface area contributed by atoms with Crippen molar-refractivity contribution >= 4 is 17.1 Å². The van der Waals surface area contributed by atoms with Crippen LogP contribution in [0.2, 0.25) is 0 Å². The zero-order valence-corrected chi connectivity index (χ0v) is 14.6. The van der Waals surface area contributed by atoms with Crippen molar-refractivity contribution in [2.24, 2.45) is 0 Å². The van der Waals surface area contributed by atoms with Crippen molar-refractivity contribution in [2.75, 3.05) is 4.90 Å². The summed E-state index contributed by atoms with van der Waals surface area (Å²) in [6, 6.07) is 40.5. The highest BCUT2D eigenvalue weighted by Gasteiger charge is 2.12. The maximum atomic E-state index is 2.30. The first kappa shape index (κ1) is 16.2. The van der Waals surface area contributed by atoms with Crippen LogP contribution in [0.5, 0.6) is 0 Å². The molecule has 0 aliphatic carbocycles. The Labute approximate surface area is 155 Å². The summed E-state index contributed by atoms with van der Waals surface area (Å²) in [4.78, 5) is 2.30. The van der Waals surface area contributed by atoms with E-state index in [1.54, 1.807) is 0 Å². The highest BCUT2D eigenvalue weighted by atomic mass is 15.1. The van der Waals surface area contributed by atoms with E-state index in [1.165, 1.54) is 16.8 Å². The number of hydrogen-bond donors (Lipinski definition) is 0. The smallest absolute Gasteiger partial charge is 0.0464 e. The van der Waals surface area contributed by atoms with Crippen LogP contribution >= 0.6 is 0 Å². The van der Waals surface area contributed by atoms with E-state index in [0.29, 0.717) is 0 Å². The first-order valence-electron chi connectivity index (χ1n) is 8.93. The van der Waals surface area contributed by atoms with Crippen molar-refractivity contribution in [2.45, 2.75) is 6.42 Å². The normalized spacial score (nSPS) is 10.5. The van der Waals surface area contributed by atoms with Crippen LogP contribution in [-0.2, 0) is 6.42 Å². The Morgan fingerprint density at radius 2 is 0.885 bits per heavy atom. The van der Waals surface area contributed by atoms with E-state index >= 15 is 0 Å². The molecule has 0 aliphatic heterocycles. The summed E-state index contributed by atoms with van der Waals surface area (Å²) in [5.41, 5.74) is 6.14. The lowest BCUT2D eigenvalue weighted by Crippen LogP contribution is -2.10. The molecule has 0 spiro atoms. The van der Waals surface area contributed by atoms with Gasteiger partial charge < -0.3 is 4.90 Å². The number of rotatable bonds is 5. The zero-order valence-electron chi connectivity index (χ0n) is 14.6. The van der Waals surface area contributed by atoms with E-state index < -0.39 is 0 Å². The number of anilines is 3. The average Bonchev–Trinajstić information content (AvgIpc) is 2.71. The molecule has 0 N–H and O–H groups in total. The number of para-hydroxylation sites is 2. The minimum atomic E-state index is 0.937. The quantitative estimate of drug-likeness (QED) is 0.390. The molecule has 1 heteroatoms. The molecule has 4 rings (SSSR count). The van der Waals surface area contributed by atoms with Gasteiger partial charge in [-0.15, -0.1) is 0 Å². The van der Waals surface area contributed by atoms with Crippen molar-refractivity contribution < 1.29 is 0 Å². The van der Waals surface area contributed by atoms with Crippen LogP contribution in [0.3, 0.4) is 0 Å². The van der Waals surface area contributed by atoms with Crippen LogP contribution < -0.4 is 4.90 Å². The topological polar surface area (TPSA) is 3.24 Å². The second-order valence-electron chi connectivity index (χ2n) is 6.34. The maximum absolute atomic E-state index is 2.30. The van der Waals surface area contributed by atoms with Crippen LogP contribution in [0.15, 0.2) is 115 Å². The lowest BCUT2D eigenvalue weighted by atomic mass is 10.0. The fourth-order valence-corrected chi connectivity index (χ4v) is 3.24. The first-order valence-corrected chi connectivity index (χ1v) is 8.93. The third-order valence-electron chi connectivity index (χ3n) is 4.45. The molecule has 0 saturated heterocycles. The van der Waals surface area contributed by atoms with Gasteiger partial charge in [0.2, 0.25) is 0 Å². The lowest BCUT2D eigenvalue weighted by Gasteiger charge is -2.25. The summed E-state index contributed by atoms with van der Waals surface area (Å²) in [6.07, 6.45) is 0.937. The van der Waals surface area contributed by atoms with Gasteiger partial charge in [-0.1, -0.05) is 78.9 Å². The summed E-state index contributed by atoms with van der Waals surface area (Å²) in [5.74, 6) is 0. The van der Waals surface area contributed by atoms with E-state index in [4.69, 9.17) is 0 Å². The molecule has 0 aliphatic rings. The van der Waals surface area contributed by atoms with E-state index in [-0.39, 0.29) is 0 Å². The Bertz CT molecular complexity index is 907. The SMILES string of the molecule is c1ccc(Cc2cccc(N(c3ccccc3)c3ccccc3)c2)cc1. The second-order valence-corrected chi connectivity index (χ2v) is 6.34. The lowest BCUT2D eigenvalue weighted by molar-refractivity contribution is 1.18. The largest absolute Gasteiger partial charge is 0.310 e. The predicted molar refractivity (Wildman–Crippen MR) is 110 cm³/mol. The van der Waals surface area contributed by atoms with Crippen molar-refractivity contribution in [1.82, 2.24) is 0 Å². The molecule has 0 aromatic heterocycles. The monoisotopic (exact) mass is 335 g/mol. The van der Waals surface area contributed by atoms with Gasteiger partial charge >= 0.3 is 0 Å². The van der Waals surface area contributed by atoms with Crippen LogP contribution in [0.4, 0.5) is 17.1 Å². The Balaban J connectivity index is 1.73. The highest BCUT2D eigenvalue weighted by molar-refractivity contribution is 5.76. The molecular weight excluding hydrogens is 314 g/mol. The molecule has 0 atom stereocenters. The molecule has 0 amide bonds. The molecule has 0 fully saturated rings. The van der Waals surface area contributed by atoms with Crippen molar-refractivity contribution in [1.29, 1.82) is 0 Å². The Morgan fingerprint density at radius 1 is 0.423 bits per heavy atom. The van der Waals surface area contributed by atoms with E-state index in [9.17, 15) is 0 Å². The molecule has 26 heavy (non-hydrogen) atoms. The highest BCUT2D eigenvalue weighted by Crippen LogP contribution is 2.34. The molecule has 4 aromatic rings. The Hall–Kier alpha value is -3.32. The fourth-order valence-electron chi connectivity index (χ4n) is 3.24. The van der Waals surface area contributed by atoms with E-state index in [0.717, 1.165) is 17.8 Å². The first-order chi connectivity index (χ1) is 12.9.